The molecule has 0 aliphatic rings. The molecule has 0 aliphatic carbocycles. The summed E-state index contributed by atoms with van der Waals surface area (Å²) in [6.45, 7) is 0.0610. The summed E-state index contributed by atoms with van der Waals surface area (Å²) in [5, 5.41) is 14.3. The third-order valence-electron chi connectivity index (χ3n) is 1.82. The summed E-state index contributed by atoms with van der Waals surface area (Å²) < 4.78 is 22.7. The Morgan fingerprint density at radius 2 is 2.00 bits per heavy atom. The number of hydrogen-bond acceptors (Lipinski definition) is 3. The van der Waals surface area contributed by atoms with E-state index in [0.717, 1.165) is 4.31 Å². The molecule has 1 rings (SSSR count). The van der Waals surface area contributed by atoms with Gasteiger partial charge in [-0.2, -0.15) is 12.7 Å². The normalized spacial score (nSPS) is 11.9. The van der Waals surface area contributed by atoms with E-state index in [-0.39, 0.29) is 12.3 Å². The molecular weight excluding hydrogens is 204 g/mol. The average Bonchev–Trinajstić information content (AvgIpc) is 2.07. The van der Waals surface area contributed by atoms with Crippen LogP contribution in [-0.2, 0) is 16.8 Å². The van der Waals surface area contributed by atoms with Crippen LogP contribution in [0.25, 0.3) is 0 Å². The van der Waals surface area contributed by atoms with Crippen LogP contribution in [0.3, 0.4) is 0 Å². The molecule has 3 N–H and O–H groups in total. The number of phenolic OH excluding ortho intramolecular Hbond substituents is 1. The predicted octanol–water partition coefficient (Wildman–Crippen LogP) is 0.0275. The van der Waals surface area contributed by atoms with Crippen LogP contribution in [0.4, 0.5) is 0 Å². The van der Waals surface area contributed by atoms with Crippen molar-refractivity contribution in [2.45, 2.75) is 6.54 Å². The van der Waals surface area contributed by atoms with E-state index >= 15 is 0 Å². The molecule has 0 aromatic heterocycles. The quantitative estimate of drug-likeness (QED) is 0.747. The van der Waals surface area contributed by atoms with Crippen molar-refractivity contribution in [3.63, 3.8) is 0 Å². The van der Waals surface area contributed by atoms with E-state index in [0.29, 0.717) is 5.56 Å². The van der Waals surface area contributed by atoms with Crippen LogP contribution in [0.1, 0.15) is 5.56 Å². The van der Waals surface area contributed by atoms with E-state index in [2.05, 4.69) is 0 Å². The van der Waals surface area contributed by atoms with Gasteiger partial charge in [-0.15, -0.1) is 0 Å². The molecule has 0 bridgehead atoms. The summed E-state index contributed by atoms with van der Waals surface area (Å²) in [6, 6.07) is 6.51. The van der Waals surface area contributed by atoms with Crippen molar-refractivity contribution in [2.24, 2.45) is 5.14 Å². The van der Waals surface area contributed by atoms with Crippen molar-refractivity contribution in [3.05, 3.63) is 29.8 Å². The molecule has 78 valence electrons. The zero-order valence-electron chi connectivity index (χ0n) is 7.71. The topological polar surface area (TPSA) is 83.6 Å². The smallest absolute Gasteiger partial charge is 0.276 e. The minimum atomic E-state index is -3.70. The Morgan fingerprint density at radius 3 is 2.50 bits per heavy atom. The van der Waals surface area contributed by atoms with E-state index in [9.17, 15) is 13.5 Å². The number of nitrogens with two attached hydrogens (primary N) is 1. The summed E-state index contributed by atoms with van der Waals surface area (Å²) in [7, 11) is -2.35. The average molecular weight is 216 g/mol. The highest BCUT2D eigenvalue weighted by molar-refractivity contribution is 7.86. The van der Waals surface area contributed by atoms with Crippen molar-refractivity contribution in [1.82, 2.24) is 4.31 Å². The Balaban J connectivity index is 2.85. The number of aromatic hydroxyl groups is 1. The molecule has 6 heteroatoms. The van der Waals surface area contributed by atoms with Crippen LogP contribution in [0, 0.1) is 0 Å². The molecule has 5 nitrogen and oxygen atoms in total. The maximum atomic E-state index is 10.9. The zero-order chi connectivity index (χ0) is 10.8. The molecule has 14 heavy (non-hydrogen) atoms. The highest BCUT2D eigenvalue weighted by Crippen LogP contribution is 2.17. The predicted molar refractivity (Wildman–Crippen MR) is 52.7 cm³/mol. The lowest BCUT2D eigenvalue weighted by molar-refractivity contribution is 0.436. The lowest BCUT2D eigenvalue weighted by atomic mass is 10.2. The van der Waals surface area contributed by atoms with Crippen LogP contribution in [0.15, 0.2) is 24.3 Å². The van der Waals surface area contributed by atoms with Crippen LogP contribution >= 0.6 is 0 Å². The largest absolute Gasteiger partial charge is 0.508 e. The number of rotatable bonds is 3. The molecular formula is C8H12N2O3S. The first kappa shape index (κ1) is 11.0. The fourth-order valence-electron chi connectivity index (χ4n) is 0.974. The fraction of sp³-hybridized carbons (Fsp3) is 0.250. The van der Waals surface area contributed by atoms with Crippen molar-refractivity contribution < 1.29 is 13.5 Å². The first-order chi connectivity index (χ1) is 6.41. The minimum Gasteiger partial charge on any atom is -0.508 e. The van der Waals surface area contributed by atoms with E-state index in [1.54, 1.807) is 18.2 Å². The Kier molecular flexibility index (Phi) is 3.10. The molecule has 0 amide bonds. The summed E-state index contributed by atoms with van der Waals surface area (Å²) >= 11 is 0. The molecule has 0 saturated heterocycles. The van der Waals surface area contributed by atoms with Gasteiger partial charge in [-0.05, 0) is 6.07 Å². The first-order valence-electron chi connectivity index (χ1n) is 3.92. The van der Waals surface area contributed by atoms with Crippen LogP contribution in [0.5, 0.6) is 5.75 Å². The van der Waals surface area contributed by atoms with Gasteiger partial charge in [-0.3, -0.25) is 0 Å². The SMILES string of the molecule is CN(Cc1ccccc1O)S(N)(=O)=O. The molecule has 0 atom stereocenters. The molecule has 0 radical (unpaired) electrons. The van der Waals surface area contributed by atoms with E-state index < -0.39 is 10.2 Å². The number of nitrogens with zero attached hydrogens (tertiary/aromatic N) is 1. The maximum Gasteiger partial charge on any atom is 0.276 e. The number of benzene rings is 1. The van der Waals surface area contributed by atoms with Gasteiger partial charge in [0.1, 0.15) is 5.75 Å². The molecule has 0 saturated carbocycles. The summed E-state index contributed by atoms with van der Waals surface area (Å²) in [5.41, 5.74) is 0.518. The van der Waals surface area contributed by atoms with Gasteiger partial charge in [0, 0.05) is 19.2 Å². The number of para-hydroxylation sites is 1. The minimum absolute atomic E-state index is 0.0583. The van der Waals surface area contributed by atoms with Crippen molar-refractivity contribution in [3.8, 4) is 5.75 Å². The molecule has 0 aliphatic heterocycles. The van der Waals surface area contributed by atoms with Crippen LogP contribution in [-0.4, -0.2) is 24.9 Å². The van der Waals surface area contributed by atoms with Gasteiger partial charge in [0.15, 0.2) is 0 Å². The molecule has 0 spiro atoms. The molecule has 1 aromatic carbocycles. The Morgan fingerprint density at radius 1 is 1.43 bits per heavy atom. The Labute approximate surface area is 83.0 Å². The Hall–Kier alpha value is -1.11. The second-order valence-electron chi connectivity index (χ2n) is 2.93. The summed E-state index contributed by atoms with van der Waals surface area (Å²) in [4.78, 5) is 0. The number of phenols is 1. The fourth-order valence-corrected chi connectivity index (χ4v) is 1.29. The van der Waals surface area contributed by atoms with E-state index in [1.807, 2.05) is 0 Å². The van der Waals surface area contributed by atoms with Gasteiger partial charge >= 0.3 is 0 Å². The molecule has 0 heterocycles. The van der Waals surface area contributed by atoms with Crippen molar-refractivity contribution in [2.75, 3.05) is 7.05 Å². The van der Waals surface area contributed by atoms with Crippen LogP contribution < -0.4 is 5.14 Å². The van der Waals surface area contributed by atoms with Gasteiger partial charge < -0.3 is 5.11 Å². The monoisotopic (exact) mass is 216 g/mol. The van der Waals surface area contributed by atoms with Gasteiger partial charge in [0.25, 0.3) is 10.2 Å². The third kappa shape index (κ3) is 2.69. The van der Waals surface area contributed by atoms with Crippen LogP contribution in [0.2, 0.25) is 0 Å². The van der Waals surface area contributed by atoms with E-state index in [1.165, 1.54) is 13.1 Å². The Bertz CT molecular complexity index is 416. The first-order valence-corrected chi connectivity index (χ1v) is 5.42. The molecule has 0 unspecified atom stereocenters. The van der Waals surface area contributed by atoms with Gasteiger partial charge in [0.05, 0.1) is 0 Å². The number of hydrogen-bond donors (Lipinski definition) is 2. The lowest BCUT2D eigenvalue weighted by Crippen LogP contribution is -2.32. The summed E-state index contributed by atoms with van der Waals surface area (Å²) in [5.74, 6) is 0.0583. The molecule has 0 fully saturated rings. The van der Waals surface area contributed by atoms with Crippen molar-refractivity contribution >= 4 is 10.2 Å². The molecule has 1 aromatic rings. The van der Waals surface area contributed by atoms with E-state index in [4.69, 9.17) is 5.14 Å². The second-order valence-corrected chi connectivity index (χ2v) is 4.58. The van der Waals surface area contributed by atoms with Crippen molar-refractivity contribution in [1.29, 1.82) is 0 Å². The van der Waals surface area contributed by atoms with Gasteiger partial charge in [-0.25, -0.2) is 5.14 Å². The third-order valence-corrected chi connectivity index (χ3v) is 2.82. The summed E-state index contributed by atoms with van der Waals surface area (Å²) in [6.07, 6.45) is 0. The zero-order valence-corrected chi connectivity index (χ0v) is 8.53. The highest BCUT2D eigenvalue weighted by atomic mass is 32.2. The lowest BCUT2D eigenvalue weighted by Gasteiger charge is -2.13. The second kappa shape index (κ2) is 3.95. The standard InChI is InChI=1S/C8H12N2O3S/c1-10(14(9,12)13)6-7-4-2-3-5-8(7)11/h2-5,11H,6H2,1H3,(H2,9,12,13). The highest BCUT2D eigenvalue weighted by Gasteiger charge is 2.13. The van der Waals surface area contributed by atoms with Gasteiger partial charge in [0.2, 0.25) is 0 Å². The van der Waals surface area contributed by atoms with Gasteiger partial charge in [-0.1, -0.05) is 18.2 Å². The maximum absolute atomic E-state index is 10.9.